The monoisotopic (exact) mass is 472 g/mol. The fourth-order valence-corrected chi connectivity index (χ4v) is 2.79. The van der Waals surface area contributed by atoms with E-state index in [9.17, 15) is 31.5 Å². The van der Waals surface area contributed by atoms with Crippen LogP contribution in [0.5, 0.6) is 0 Å². The summed E-state index contributed by atoms with van der Waals surface area (Å²) < 4.78 is 71.2. The van der Waals surface area contributed by atoms with Gasteiger partial charge in [0.05, 0.1) is 5.56 Å². The molecule has 2 amide bonds. The molecule has 0 fully saturated rings. The normalized spacial score (nSPS) is 12.2. The second kappa shape index (κ2) is 10.9. The number of hydrogen-bond donors (Lipinski definition) is 4. The smallest absolute Gasteiger partial charge is 0.384 e. The van der Waals surface area contributed by atoms with Crippen LogP contribution < -0.4 is 16.4 Å². The fraction of sp³-hybridized carbons (Fsp3) is 0.286. The largest absolute Gasteiger partial charge is 0.405 e. The van der Waals surface area contributed by atoms with Crippen LogP contribution in [0.1, 0.15) is 40.1 Å². The second-order valence-corrected chi connectivity index (χ2v) is 6.82. The van der Waals surface area contributed by atoms with Gasteiger partial charge in [-0.15, -0.1) is 0 Å². The molecule has 1 unspecified atom stereocenters. The summed E-state index contributed by atoms with van der Waals surface area (Å²) in [5, 5.41) is 11.3. The molecule has 2 aromatic carbocycles. The number of halogens is 5. The van der Waals surface area contributed by atoms with Crippen LogP contribution in [0, 0.1) is 17.0 Å². The summed E-state index contributed by atoms with van der Waals surface area (Å²) in [5.74, 6) is -5.00. The highest BCUT2D eigenvalue weighted by Crippen LogP contribution is 2.26. The van der Waals surface area contributed by atoms with Gasteiger partial charge >= 0.3 is 6.18 Å². The maximum atomic E-state index is 14.6. The zero-order valence-electron chi connectivity index (χ0n) is 17.4. The number of amidine groups is 1. The standard InChI is InChI=1S/C21H21F5N4O3/c1-2-33-17(20(32)29-9-11-3-5-12(6-4-11)18(27)28)16-14(22)7-13(8-15(16)23)19(31)30-10-21(24,25)26/h3-8,17H,2,9-10H2,1H3,(H3,27,28)(H,29,32)(H,30,31). The molecule has 1 atom stereocenters. The summed E-state index contributed by atoms with van der Waals surface area (Å²) in [4.78, 5) is 24.4. The van der Waals surface area contributed by atoms with E-state index in [0.717, 1.165) is 0 Å². The lowest BCUT2D eigenvalue weighted by Gasteiger charge is -2.19. The van der Waals surface area contributed by atoms with Crippen molar-refractivity contribution in [2.24, 2.45) is 5.73 Å². The molecule has 33 heavy (non-hydrogen) atoms. The van der Waals surface area contributed by atoms with E-state index in [4.69, 9.17) is 15.9 Å². The zero-order valence-corrected chi connectivity index (χ0v) is 17.4. The molecule has 0 radical (unpaired) electrons. The average Bonchev–Trinajstić information content (AvgIpc) is 2.74. The minimum atomic E-state index is -4.70. The zero-order chi connectivity index (χ0) is 24.8. The summed E-state index contributed by atoms with van der Waals surface area (Å²) in [6.07, 6.45) is -6.41. The van der Waals surface area contributed by atoms with E-state index in [1.165, 1.54) is 12.2 Å². The number of ether oxygens (including phenoxy) is 1. The summed E-state index contributed by atoms with van der Waals surface area (Å²) in [6, 6.07) is 7.38. The number of alkyl halides is 3. The van der Waals surface area contributed by atoms with Gasteiger partial charge in [-0.25, -0.2) is 8.78 Å². The highest BCUT2D eigenvalue weighted by molar-refractivity contribution is 5.95. The molecule has 2 aromatic rings. The quantitative estimate of drug-likeness (QED) is 0.255. The average molecular weight is 472 g/mol. The Morgan fingerprint density at radius 3 is 2.12 bits per heavy atom. The first kappa shape index (κ1) is 25.7. The molecule has 0 saturated carbocycles. The third kappa shape index (κ3) is 7.24. The van der Waals surface area contributed by atoms with Crippen molar-refractivity contribution in [3.05, 3.63) is 70.3 Å². The Labute approximate surface area is 185 Å². The predicted octanol–water partition coefficient (Wildman–Crippen LogP) is 2.93. The van der Waals surface area contributed by atoms with Gasteiger partial charge in [0.2, 0.25) is 0 Å². The van der Waals surface area contributed by atoms with Crippen LogP contribution in [-0.4, -0.2) is 37.0 Å². The van der Waals surface area contributed by atoms with E-state index in [-0.39, 0.29) is 19.0 Å². The number of benzene rings is 2. The van der Waals surface area contributed by atoms with Crippen LogP contribution in [0.2, 0.25) is 0 Å². The van der Waals surface area contributed by atoms with E-state index < -0.39 is 53.4 Å². The van der Waals surface area contributed by atoms with E-state index in [1.54, 1.807) is 24.3 Å². The molecule has 7 nitrogen and oxygen atoms in total. The molecule has 0 saturated heterocycles. The number of rotatable bonds is 9. The van der Waals surface area contributed by atoms with E-state index in [1.807, 2.05) is 0 Å². The van der Waals surface area contributed by atoms with Crippen molar-refractivity contribution in [1.29, 1.82) is 5.41 Å². The first-order valence-corrected chi connectivity index (χ1v) is 9.59. The van der Waals surface area contributed by atoms with Gasteiger partial charge in [-0.1, -0.05) is 24.3 Å². The van der Waals surface area contributed by atoms with Gasteiger partial charge in [0.25, 0.3) is 11.8 Å². The summed E-state index contributed by atoms with van der Waals surface area (Å²) in [6.45, 7) is -0.288. The van der Waals surface area contributed by atoms with Crippen molar-refractivity contribution in [3.63, 3.8) is 0 Å². The third-order valence-electron chi connectivity index (χ3n) is 4.36. The molecule has 0 spiro atoms. The molecule has 0 bridgehead atoms. The summed E-state index contributed by atoms with van der Waals surface area (Å²) in [5.41, 5.74) is 4.99. The van der Waals surface area contributed by atoms with Crippen LogP contribution in [0.15, 0.2) is 36.4 Å². The van der Waals surface area contributed by atoms with E-state index in [0.29, 0.717) is 23.3 Å². The second-order valence-electron chi connectivity index (χ2n) is 6.82. The molecule has 178 valence electrons. The molecular weight excluding hydrogens is 451 g/mol. The van der Waals surface area contributed by atoms with Gasteiger partial charge in [-0.3, -0.25) is 15.0 Å². The van der Waals surface area contributed by atoms with Crippen LogP contribution in [-0.2, 0) is 16.1 Å². The van der Waals surface area contributed by atoms with Crippen molar-refractivity contribution in [3.8, 4) is 0 Å². The molecule has 2 rings (SSSR count). The maximum Gasteiger partial charge on any atom is 0.405 e. The summed E-state index contributed by atoms with van der Waals surface area (Å²) in [7, 11) is 0. The predicted molar refractivity (Wildman–Crippen MR) is 108 cm³/mol. The minimum Gasteiger partial charge on any atom is -0.384 e. The number of carbonyl (C=O) groups excluding carboxylic acids is 2. The molecule has 5 N–H and O–H groups in total. The van der Waals surface area contributed by atoms with Gasteiger partial charge in [0.1, 0.15) is 24.0 Å². The molecule has 0 aliphatic rings. The minimum absolute atomic E-state index is 0.0260. The molecule has 12 heteroatoms. The highest BCUT2D eigenvalue weighted by atomic mass is 19.4. The lowest BCUT2D eigenvalue weighted by molar-refractivity contribution is -0.133. The lowest BCUT2D eigenvalue weighted by atomic mass is 10.0. The molecule has 0 aliphatic carbocycles. The Morgan fingerprint density at radius 1 is 1.06 bits per heavy atom. The Bertz CT molecular complexity index is 1000. The van der Waals surface area contributed by atoms with Crippen molar-refractivity contribution in [2.45, 2.75) is 25.7 Å². The Balaban J connectivity index is 2.18. The maximum absolute atomic E-state index is 14.6. The summed E-state index contributed by atoms with van der Waals surface area (Å²) >= 11 is 0. The SMILES string of the molecule is CCOC(C(=O)NCc1ccc(C(=N)N)cc1)c1c(F)cc(C(=O)NCC(F)(F)F)cc1F. The number of nitrogens with two attached hydrogens (primary N) is 1. The molecular formula is C21H21F5N4O3. The first-order chi connectivity index (χ1) is 15.4. The lowest BCUT2D eigenvalue weighted by Crippen LogP contribution is -2.34. The van der Waals surface area contributed by atoms with Gasteiger partial charge in [-0.2, -0.15) is 13.2 Å². The Kier molecular flexibility index (Phi) is 8.46. The van der Waals surface area contributed by atoms with Crippen molar-refractivity contribution in [1.82, 2.24) is 10.6 Å². The molecule has 0 aliphatic heterocycles. The fourth-order valence-electron chi connectivity index (χ4n) is 2.79. The van der Waals surface area contributed by atoms with Crippen LogP contribution in [0.25, 0.3) is 0 Å². The van der Waals surface area contributed by atoms with Crippen LogP contribution >= 0.6 is 0 Å². The number of hydrogen-bond acceptors (Lipinski definition) is 4. The van der Waals surface area contributed by atoms with Gasteiger partial charge < -0.3 is 21.1 Å². The highest BCUT2D eigenvalue weighted by Gasteiger charge is 2.31. The van der Waals surface area contributed by atoms with Crippen LogP contribution in [0.3, 0.4) is 0 Å². The first-order valence-electron chi connectivity index (χ1n) is 9.59. The number of nitrogen functional groups attached to an aromatic ring is 1. The number of carbonyl (C=O) groups is 2. The van der Waals surface area contributed by atoms with Crippen LogP contribution in [0.4, 0.5) is 22.0 Å². The van der Waals surface area contributed by atoms with E-state index in [2.05, 4.69) is 5.32 Å². The van der Waals surface area contributed by atoms with Gasteiger partial charge in [0.15, 0.2) is 6.10 Å². The van der Waals surface area contributed by atoms with E-state index >= 15 is 0 Å². The van der Waals surface area contributed by atoms with Crippen molar-refractivity contribution < 1.29 is 36.3 Å². The Hall–Kier alpha value is -3.54. The number of amides is 2. The Morgan fingerprint density at radius 2 is 1.64 bits per heavy atom. The van der Waals surface area contributed by atoms with Gasteiger partial charge in [-0.05, 0) is 24.6 Å². The number of nitrogens with one attached hydrogen (secondary N) is 3. The topological polar surface area (TPSA) is 117 Å². The van der Waals surface area contributed by atoms with Crippen molar-refractivity contribution in [2.75, 3.05) is 13.2 Å². The van der Waals surface area contributed by atoms with Crippen molar-refractivity contribution >= 4 is 17.6 Å². The molecule has 0 heterocycles. The van der Waals surface area contributed by atoms with Gasteiger partial charge in [0, 0.05) is 24.3 Å². The third-order valence-corrected chi connectivity index (χ3v) is 4.36. The molecule has 0 aromatic heterocycles.